The number of alkyl halides is 3. The molecule has 3 aliphatic carbocycles. The van der Waals surface area contributed by atoms with Crippen LogP contribution in [0.15, 0.2) is 78.4 Å². The molecule has 0 unspecified atom stereocenters. The van der Waals surface area contributed by atoms with Gasteiger partial charge in [-0.2, -0.15) is 0 Å². The average molecular weight is 737 g/mol. The number of ether oxygens (including phenoxy) is 2. The summed E-state index contributed by atoms with van der Waals surface area (Å²) in [6, 6.07) is 17.5. The van der Waals surface area contributed by atoms with Crippen LogP contribution in [0.4, 0.5) is 18.0 Å². The Morgan fingerprint density at radius 2 is 1.68 bits per heavy atom. The second-order valence-corrected chi connectivity index (χ2v) is 15.2. The van der Waals surface area contributed by atoms with Crippen molar-refractivity contribution in [1.29, 1.82) is 0 Å². The number of aliphatic hydroxyl groups excluding tert-OH is 1. The van der Waals surface area contributed by atoms with Crippen LogP contribution < -0.4 is 14.8 Å². The molecule has 0 aromatic heterocycles. The van der Waals surface area contributed by atoms with Crippen molar-refractivity contribution in [2.24, 2.45) is 5.41 Å². The van der Waals surface area contributed by atoms with E-state index in [9.17, 15) is 33.0 Å². The lowest BCUT2D eigenvalue weighted by molar-refractivity contribution is -0.274. The number of aliphatic hydroxyl groups is 2. The van der Waals surface area contributed by atoms with E-state index in [0.29, 0.717) is 67.4 Å². The van der Waals surface area contributed by atoms with Crippen LogP contribution in [0, 0.1) is 5.41 Å². The molecule has 4 atom stereocenters. The van der Waals surface area contributed by atoms with Crippen LogP contribution in [0.5, 0.6) is 11.5 Å². The van der Waals surface area contributed by atoms with Crippen molar-refractivity contribution in [3.05, 3.63) is 106 Å². The molecular weight excluding hydrogens is 685 g/mol. The van der Waals surface area contributed by atoms with Gasteiger partial charge in [-0.25, -0.2) is 4.79 Å². The number of carbonyl (C=O) groups excluding carboxylic acids is 2. The number of urea groups is 1. The largest absolute Gasteiger partial charge is 0.573 e. The zero-order valence-electron chi connectivity index (χ0n) is 31.1. The molecule has 11 heteroatoms. The van der Waals surface area contributed by atoms with Crippen molar-refractivity contribution < 1.29 is 42.4 Å². The number of benzene rings is 3. The summed E-state index contributed by atoms with van der Waals surface area (Å²) >= 11 is 0. The van der Waals surface area contributed by atoms with Crippen LogP contribution in [0.25, 0.3) is 0 Å². The molecule has 1 fully saturated rings. The third-order valence-electron chi connectivity index (χ3n) is 11.0. The maximum atomic E-state index is 14.3. The maximum absolute atomic E-state index is 14.3. The van der Waals surface area contributed by atoms with Crippen LogP contribution >= 0.6 is 0 Å². The molecule has 2 amide bonds. The van der Waals surface area contributed by atoms with Gasteiger partial charge in [-0.05, 0) is 131 Å². The third kappa shape index (κ3) is 9.61. The molecule has 3 N–H and O–H groups in total. The first-order chi connectivity index (χ1) is 25.0. The van der Waals surface area contributed by atoms with E-state index in [4.69, 9.17) is 4.74 Å². The minimum atomic E-state index is -4.83. The SMILES string of the molecule is COc1ccc(C(=O)c2cc3ccc2[C@@H]2CC[C@@](O)(CN(Cc4ccc(OC(F)(F)F)cc4)C(=O)NC(C)C)[C@@]2(C)CCC=C(C)CC[C@H](O)C3)cc1. The predicted molar refractivity (Wildman–Crippen MR) is 197 cm³/mol. The van der Waals surface area contributed by atoms with E-state index in [1.54, 1.807) is 31.4 Å². The zero-order chi connectivity index (χ0) is 38.6. The van der Waals surface area contributed by atoms with Crippen LogP contribution in [0.3, 0.4) is 0 Å². The number of amides is 2. The Balaban J connectivity index is 1.56. The zero-order valence-corrected chi connectivity index (χ0v) is 31.1. The molecule has 3 aromatic carbocycles. The van der Waals surface area contributed by atoms with E-state index in [-0.39, 0.29) is 36.6 Å². The molecule has 2 bridgehead atoms. The van der Waals surface area contributed by atoms with Crippen molar-refractivity contribution in [3.8, 4) is 11.5 Å². The van der Waals surface area contributed by atoms with E-state index in [1.807, 2.05) is 45.9 Å². The summed E-state index contributed by atoms with van der Waals surface area (Å²) in [5.74, 6) is -0.182. The Labute approximate surface area is 310 Å². The fraction of sp³-hybridized carbons (Fsp3) is 0.476. The first kappa shape index (κ1) is 39.8. The highest BCUT2D eigenvalue weighted by Gasteiger charge is 2.57. The Kier molecular flexibility index (Phi) is 12.3. The monoisotopic (exact) mass is 736 g/mol. The molecule has 0 aliphatic heterocycles. The number of rotatable bonds is 9. The molecule has 53 heavy (non-hydrogen) atoms. The summed E-state index contributed by atoms with van der Waals surface area (Å²) in [6.07, 6.45) is 0.490. The molecule has 0 saturated heterocycles. The lowest BCUT2D eigenvalue weighted by atomic mass is 9.64. The van der Waals surface area contributed by atoms with Crippen molar-refractivity contribution in [3.63, 3.8) is 0 Å². The summed E-state index contributed by atoms with van der Waals surface area (Å²) < 4.78 is 47.8. The Bertz CT molecular complexity index is 1770. The number of halogens is 3. The number of methoxy groups -OCH3 is 1. The Morgan fingerprint density at radius 3 is 2.32 bits per heavy atom. The van der Waals surface area contributed by atoms with Gasteiger partial charge in [-0.1, -0.05) is 42.8 Å². The van der Waals surface area contributed by atoms with Crippen molar-refractivity contribution >= 4 is 11.8 Å². The number of ketones is 1. The van der Waals surface area contributed by atoms with Crippen LogP contribution in [-0.4, -0.2) is 64.7 Å². The molecule has 0 radical (unpaired) electrons. The first-order valence-corrected chi connectivity index (χ1v) is 18.3. The van der Waals surface area contributed by atoms with E-state index in [1.165, 1.54) is 29.2 Å². The molecule has 3 aliphatic rings. The molecule has 0 heterocycles. The number of fused-ring (bicyclic) bond motifs is 8. The molecule has 286 valence electrons. The van der Waals surface area contributed by atoms with Gasteiger partial charge in [0.25, 0.3) is 0 Å². The topological polar surface area (TPSA) is 108 Å². The number of carbonyl (C=O) groups is 2. The Morgan fingerprint density at radius 1 is 1.00 bits per heavy atom. The van der Waals surface area contributed by atoms with Crippen molar-refractivity contribution in [2.45, 2.75) is 109 Å². The second-order valence-electron chi connectivity index (χ2n) is 15.2. The van der Waals surface area contributed by atoms with Gasteiger partial charge in [-0.3, -0.25) is 4.79 Å². The van der Waals surface area contributed by atoms with Gasteiger partial charge in [0.15, 0.2) is 5.78 Å². The van der Waals surface area contributed by atoms with Gasteiger partial charge in [0.1, 0.15) is 11.5 Å². The number of allylic oxidation sites excluding steroid dienone is 2. The Hall–Kier alpha value is -4.35. The molecular formula is C42H51F3N2O6. The van der Waals surface area contributed by atoms with Crippen molar-refractivity contribution in [2.75, 3.05) is 13.7 Å². The normalized spacial score (nSPS) is 23.5. The number of hydrogen-bond acceptors (Lipinski definition) is 6. The van der Waals surface area contributed by atoms with E-state index >= 15 is 0 Å². The summed E-state index contributed by atoms with van der Waals surface area (Å²) in [4.78, 5) is 29.6. The van der Waals surface area contributed by atoms with Crippen LogP contribution in [0.1, 0.15) is 105 Å². The number of nitrogens with one attached hydrogen (secondary N) is 1. The van der Waals surface area contributed by atoms with Gasteiger partial charge in [-0.15, -0.1) is 13.2 Å². The minimum Gasteiger partial charge on any atom is -0.497 e. The van der Waals surface area contributed by atoms with E-state index in [0.717, 1.165) is 16.7 Å². The fourth-order valence-electron chi connectivity index (χ4n) is 7.96. The molecule has 8 nitrogen and oxygen atoms in total. The summed E-state index contributed by atoms with van der Waals surface area (Å²) in [5, 5.41) is 26.7. The number of nitrogens with zero attached hydrogens (tertiary/aromatic N) is 1. The molecule has 6 rings (SSSR count). The van der Waals surface area contributed by atoms with Gasteiger partial charge in [0.2, 0.25) is 0 Å². The highest BCUT2D eigenvalue weighted by atomic mass is 19.4. The smallest absolute Gasteiger partial charge is 0.497 e. The van der Waals surface area contributed by atoms with Crippen LogP contribution in [0.2, 0.25) is 0 Å². The molecule has 0 spiro atoms. The summed E-state index contributed by atoms with van der Waals surface area (Å²) in [5.41, 5.74) is 2.14. The fourth-order valence-corrected chi connectivity index (χ4v) is 7.96. The number of hydrogen-bond donors (Lipinski definition) is 3. The second kappa shape index (κ2) is 16.3. The maximum Gasteiger partial charge on any atom is 0.573 e. The van der Waals surface area contributed by atoms with Gasteiger partial charge >= 0.3 is 12.4 Å². The first-order valence-electron chi connectivity index (χ1n) is 18.3. The summed E-state index contributed by atoms with van der Waals surface area (Å²) in [7, 11) is 1.56. The summed E-state index contributed by atoms with van der Waals surface area (Å²) in [6.45, 7) is 7.73. The lowest BCUT2D eigenvalue weighted by Crippen LogP contribution is -2.55. The van der Waals surface area contributed by atoms with Gasteiger partial charge < -0.3 is 29.9 Å². The van der Waals surface area contributed by atoms with E-state index in [2.05, 4.69) is 16.1 Å². The van der Waals surface area contributed by atoms with Crippen molar-refractivity contribution in [1.82, 2.24) is 10.2 Å². The van der Waals surface area contributed by atoms with Gasteiger partial charge in [0.05, 0.1) is 25.4 Å². The standard InChI is InChI=1S/C42H51F3N2O6/c1-27(2)46-39(50)47(25-29-9-15-34(16-10-29)53-42(43,44)45)26-41(51)22-20-37-35-19-11-30(23-32(48)14-8-28(3)7-6-21-40(37,41)4)24-36(35)38(49)31-12-17-33(52-5)18-13-31/h7,9-13,15-19,24,27,32,37,48,51H,6,8,14,20-23,25-26H2,1-5H3,(H,46,50)/t32-,37-,40-,41+/m0/s1. The van der Waals surface area contributed by atoms with Gasteiger partial charge in [0, 0.05) is 29.1 Å². The quantitative estimate of drug-likeness (QED) is 0.150. The van der Waals surface area contributed by atoms with E-state index < -0.39 is 29.5 Å². The lowest BCUT2D eigenvalue weighted by Gasteiger charge is -2.46. The molecule has 3 aromatic rings. The predicted octanol–water partition coefficient (Wildman–Crippen LogP) is 8.48. The molecule has 1 saturated carbocycles. The van der Waals surface area contributed by atoms with Crippen LogP contribution in [-0.2, 0) is 13.0 Å². The highest BCUT2D eigenvalue weighted by molar-refractivity contribution is 6.10. The average Bonchev–Trinajstić information content (AvgIpc) is 3.35. The highest BCUT2D eigenvalue weighted by Crippen LogP contribution is 2.59. The third-order valence-corrected chi connectivity index (χ3v) is 11.0. The minimum absolute atomic E-state index is 0.0329.